The molecule has 0 aliphatic rings. The lowest BCUT2D eigenvalue weighted by atomic mass is 10.0. The Morgan fingerprint density at radius 1 is 0.862 bits per heavy atom. The van der Waals surface area contributed by atoms with Gasteiger partial charge >= 0.3 is 0 Å². The fourth-order valence-electron chi connectivity index (χ4n) is 3.09. The highest BCUT2D eigenvalue weighted by molar-refractivity contribution is 7.91. The number of halogens is 4. The van der Waals surface area contributed by atoms with E-state index in [4.69, 9.17) is 11.6 Å². The first-order valence-electron chi connectivity index (χ1n) is 8.32. The molecule has 4 aromatic rings. The first kappa shape index (κ1) is 19.4. The molecule has 0 saturated carbocycles. The number of hydrogen-bond donors (Lipinski definition) is 0. The Hall–Kier alpha value is -2.90. The van der Waals surface area contributed by atoms with E-state index in [0.29, 0.717) is 0 Å². The summed E-state index contributed by atoms with van der Waals surface area (Å²) in [7, 11) is -4.18. The summed E-state index contributed by atoms with van der Waals surface area (Å²) in [5.41, 5.74) is 0.159. The average molecular weight is 434 g/mol. The van der Waals surface area contributed by atoms with E-state index in [2.05, 4.69) is 4.98 Å². The van der Waals surface area contributed by atoms with Crippen molar-refractivity contribution >= 4 is 32.3 Å². The van der Waals surface area contributed by atoms with Gasteiger partial charge in [-0.3, -0.25) is 4.98 Å². The van der Waals surface area contributed by atoms with Crippen molar-refractivity contribution < 1.29 is 21.6 Å². The second-order valence-electron chi connectivity index (χ2n) is 6.25. The molecule has 1 heterocycles. The smallest absolute Gasteiger partial charge is 0.208 e. The first-order valence-corrected chi connectivity index (χ1v) is 10.2. The summed E-state index contributed by atoms with van der Waals surface area (Å²) in [5, 5.41) is 0.148. The van der Waals surface area contributed by atoms with Crippen molar-refractivity contribution in [3.8, 4) is 11.1 Å². The second kappa shape index (κ2) is 7.17. The van der Waals surface area contributed by atoms with Crippen molar-refractivity contribution in [1.29, 1.82) is 0 Å². The first-order chi connectivity index (χ1) is 13.8. The lowest BCUT2D eigenvalue weighted by Gasteiger charge is -2.14. The van der Waals surface area contributed by atoms with Crippen LogP contribution < -0.4 is 0 Å². The number of rotatable bonds is 3. The Bertz CT molecular complexity index is 1360. The Labute approximate surface area is 169 Å². The molecular weight excluding hydrogens is 423 g/mol. The van der Waals surface area contributed by atoms with Gasteiger partial charge in [0, 0.05) is 22.2 Å². The molecule has 0 amide bonds. The summed E-state index contributed by atoms with van der Waals surface area (Å²) >= 11 is 5.98. The lowest BCUT2D eigenvalue weighted by molar-refractivity contribution is 0.594. The lowest BCUT2D eigenvalue weighted by Crippen LogP contribution is -2.06. The van der Waals surface area contributed by atoms with Gasteiger partial charge in [-0.2, -0.15) is 0 Å². The van der Waals surface area contributed by atoms with Gasteiger partial charge in [-0.05, 0) is 54.1 Å². The van der Waals surface area contributed by atoms with E-state index in [1.807, 2.05) is 0 Å². The molecule has 0 atom stereocenters. The van der Waals surface area contributed by atoms with Crippen molar-refractivity contribution in [2.24, 2.45) is 0 Å². The highest BCUT2D eigenvalue weighted by Gasteiger charge is 2.26. The molecule has 3 aromatic carbocycles. The fraction of sp³-hybridized carbons (Fsp3) is 0. The van der Waals surface area contributed by atoms with Crippen LogP contribution in [0.4, 0.5) is 13.2 Å². The molecule has 3 nitrogen and oxygen atoms in total. The van der Waals surface area contributed by atoms with Gasteiger partial charge in [0.2, 0.25) is 9.84 Å². The molecule has 0 bridgehead atoms. The molecular formula is C21H11ClF3NO2S. The van der Waals surface area contributed by atoms with Crippen molar-refractivity contribution in [3.05, 3.63) is 89.3 Å². The van der Waals surface area contributed by atoms with E-state index in [1.54, 1.807) is 0 Å². The average Bonchev–Trinajstić information content (AvgIpc) is 2.67. The zero-order valence-corrected chi connectivity index (χ0v) is 16.1. The monoisotopic (exact) mass is 433 g/mol. The second-order valence-corrected chi connectivity index (χ2v) is 8.60. The Morgan fingerprint density at radius 3 is 2.28 bits per heavy atom. The summed E-state index contributed by atoms with van der Waals surface area (Å²) in [4.78, 5) is 3.50. The minimum Gasteiger partial charge on any atom is -0.252 e. The van der Waals surface area contributed by atoms with E-state index in [-0.39, 0.29) is 36.8 Å². The van der Waals surface area contributed by atoms with Gasteiger partial charge in [0.05, 0.1) is 9.79 Å². The van der Waals surface area contributed by atoms with Gasteiger partial charge < -0.3 is 0 Å². The third kappa shape index (κ3) is 3.47. The van der Waals surface area contributed by atoms with Gasteiger partial charge in [0.15, 0.2) is 5.82 Å². The van der Waals surface area contributed by atoms with Crippen LogP contribution in [-0.2, 0) is 9.84 Å². The molecule has 0 N–H and O–H groups in total. The van der Waals surface area contributed by atoms with Gasteiger partial charge in [-0.15, -0.1) is 0 Å². The molecule has 0 aliphatic heterocycles. The third-order valence-corrected chi connectivity index (χ3v) is 6.38. The quantitative estimate of drug-likeness (QED) is 0.383. The normalized spacial score (nSPS) is 11.7. The summed E-state index contributed by atoms with van der Waals surface area (Å²) in [5.74, 6) is -1.93. The number of aromatic nitrogens is 1. The Kier molecular flexibility index (Phi) is 4.80. The third-order valence-electron chi connectivity index (χ3n) is 4.38. The molecule has 0 saturated heterocycles. The molecule has 4 rings (SSSR count). The van der Waals surface area contributed by atoms with E-state index >= 15 is 0 Å². The van der Waals surface area contributed by atoms with Crippen molar-refractivity contribution in [2.45, 2.75) is 9.79 Å². The maximum Gasteiger partial charge on any atom is 0.208 e. The van der Waals surface area contributed by atoms with Crippen molar-refractivity contribution in [3.63, 3.8) is 0 Å². The molecule has 8 heteroatoms. The molecule has 0 unspecified atom stereocenters. The molecule has 0 aliphatic carbocycles. The van der Waals surface area contributed by atoms with E-state index in [9.17, 15) is 21.6 Å². The standard InChI is InChI=1S/C21H11ClF3NO2S/c22-13-9-17-20(12-2-1-3-15(24)8-12)19(11-26-21(17)18(25)10-13)29(27,28)16-6-4-14(23)5-7-16/h1-11H. The van der Waals surface area contributed by atoms with Crippen LogP contribution in [0.15, 0.2) is 76.7 Å². The summed E-state index contributed by atoms with van der Waals surface area (Å²) in [6.45, 7) is 0. The topological polar surface area (TPSA) is 47.0 Å². The zero-order valence-electron chi connectivity index (χ0n) is 14.5. The van der Waals surface area contributed by atoms with Gasteiger partial charge in [0.25, 0.3) is 0 Å². The van der Waals surface area contributed by atoms with Crippen LogP contribution in [0.2, 0.25) is 5.02 Å². The number of hydrogen-bond acceptors (Lipinski definition) is 3. The van der Waals surface area contributed by atoms with Gasteiger partial charge in [0.1, 0.15) is 17.2 Å². The van der Waals surface area contributed by atoms with Crippen LogP contribution in [0, 0.1) is 17.5 Å². The number of fused-ring (bicyclic) bond motifs is 1. The summed E-state index contributed by atoms with van der Waals surface area (Å²) in [6, 6.07) is 11.9. The molecule has 29 heavy (non-hydrogen) atoms. The number of nitrogens with zero attached hydrogens (tertiary/aromatic N) is 1. The highest BCUT2D eigenvalue weighted by Crippen LogP contribution is 2.38. The maximum atomic E-state index is 14.4. The predicted molar refractivity (Wildman–Crippen MR) is 104 cm³/mol. The molecule has 1 aromatic heterocycles. The number of pyridine rings is 1. The highest BCUT2D eigenvalue weighted by atomic mass is 35.5. The number of sulfone groups is 1. The number of benzene rings is 3. The van der Waals surface area contributed by atoms with Crippen LogP contribution in [0.1, 0.15) is 0 Å². The van der Waals surface area contributed by atoms with Crippen LogP contribution in [-0.4, -0.2) is 13.4 Å². The minimum atomic E-state index is -4.18. The van der Waals surface area contributed by atoms with Crippen LogP contribution in [0.25, 0.3) is 22.0 Å². The van der Waals surface area contributed by atoms with Crippen LogP contribution in [0.3, 0.4) is 0 Å². The summed E-state index contributed by atoms with van der Waals surface area (Å²) in [6.07, 6.45) is 1.01. The molecule has 146 valence electrons. The van der Waals surface area contributed by atoms with E-state index in [0.717, 1.165) is 42.6 Å². The van der Waals surface area contributed by atoms with Crippen molar-refractivity contribution in [2.75, 3.05) is 0 Å². The minimum absolute atomic E-state index is 0.0331. The van der Waals surface area contributed by atoms with E-state index in [1.165, 1.54) is 24.3 Å². The summed E-state index contributed by atoms with van der Waals surface area (Å²) < 4.78 is 68.1. The zero-order chi connectivity index (χ0) is 20.8. The Balaban J connectivity index is 2.12. The van der Waals surface area contributed by atoms with Crippen LogP contribution in [0.5, 0.6) is 0 Å². The molecule has 0 radical (unpaired) electrons. The largest absolute Gasteiger partial charge is 0.252 e. The fourth-order valence-corrected chi connectivity index (χ4v) is 4.74. The van der Waals surface area contributed by atoms with Gasteiger partial charge in [-0.25, -0.2) is 21.6 Å². The van der Waals surface area contributed by atoms with Crippen molar-refractivity contribution in [1.82, 2.24) is 4.98 Å². The Morgan fingerprint density at radius 2 is 1.59 bits per heavy atom. The molecule has 0 spiro atoms. The maximum absolute atomic E-state index is 14.4. The SMILES string of the molecule is O=S(=O)(c1ccc(F)cc1)c1cnc2c(F)cc(Cl)cc2c1-c1cccc(F)c1. The van der Waals surface area contributed by atoms with Crippen LogP contribution >= 0.6 is 11.6 Å². The van der Waals surface area contributed by atoms with E-state index < -0.39 is 27.3 Å². The predicted octanol–water partition coefficient (Wildman–Crippen LogP) is 5.81. The molecule has 0 fully saturated rings. The van der Waals surface area contributed by atoms with Gasteiger partial charge in [-0.1, -0.05) is 23.7 Å².